The third-order valence-electron chi connectivity index (χ3n) is 4.68. The number of hydrogen-bond donors (Lipinski definition) is 1. The monoisotopic (exact) mass is 239 g/mol. The predicted octanol–water partition coefficient (Wildman–Crippen LogP) is 3.63. The fourth-order valence-corrected chi connectivity index (χ4v) is 3.45. The van der Waals surface area contributed by atoms with Crippen LogP contribution in [0.25, 0.3) is 0 Å². The number of ether oxygens (including phenoxy) is 1. The summed E-state index contributed by atoms with van der Waals surface area (Å²) < 4.78 is 6.33. The van der Waals surface area contributed by atoms with Gasteiger partial charge < -0.3 is 10.5 Å². The quantitative estimate of drug-likeness (QED) is 0.763. The highest BCUT2D eigenvalue weighted by Gasteiger charge is 2.27. The molecule has 2 fully saturated rings. The predicted molar refractivity (Wildman–Crippen MR) is 72.0 cm³/mol. The molecule has 4 unspecified atom stereocenters. The lowest BCUT2D eigenvalue weighted by Crippen LogP contribution is -2.39. The van der Waals surface area contributed by atoms with Gasteiger partial charge in [-0.3, -0.25) is 0 Å². The van der Waals surface area contributed by atoms with Crippen molar-refractivity contribution in [3.63, 3.8) is 0 Å². The van der Waals surface area contributed by atoms with E-state index in [9.17, 15) is 0 Å². The number of rotatable bonds is 3. The van der Waals surface area contributed by atoms with Crippen molar-refractivity contribution >= 4 is 0 Å². The second-order valence-corrected chi connectivity index (χ2v) is 6.04. The minimum Gasteiger partial charge on any atom is -0.373 e. The Morgan fingerprint density at radius 3 is 2.65 bits per heavy atom. The fraction of sp³-hybridized carbons (Fsp3) is 1.00. The van der Waals surface area contributed by atoms with Gasteiger partial charge in [0, 0.05) is 6.04 Å². The van der Waals surface area contributed by atoms with Crippen molar-refractivity contribution in [2.24, 2.45) is 11.7 Å². The van der Waals surface area contributed by atoms with Gasteiger partial charge in [0.05, 0.1) is 12.2 Å². The van der Waals surface area contributed by atoms with E-state index in [0.717, 1.165) is 12.3 Å². The van der Waals surface area contributed by atoms with Crippen molar-refractivity contribution in [3.8, 4) is 0 Å². The van der Waals surface area contributed by atoms with Gasteiger partial charge in [-0.05, 0) is 31.6 Å². The zero-order valence-corrected chi connectivity index (χ0v) is 11.4. The summed E-state index contributed by atoms with van der Waals surface area (Å²) in [6.07, 6.45) is 13.8. The molecule has 0 spiro atoms. The summed E-state index contributed by atoms with van der Waals surface area (Å²) in [5, 5.41) is 0. The smallest absolute Gasteiger partial charge is 0.0729 e. The lowest BCUT2D eigenvalue weighted by molar-refractivity contribution is -0.0534. The van der Waals surface area contributed by atoms with Gasteiger partial charge in [-0.1, -0.05) is 45.4 Å². The van der Waals surface area contributed by atoms with Crippen LogP contribution in [-0.4, -0.2) is 18.2 Å². The molecule has 100 valence electrons. The Labute approximate surface area is 106 Å². The van der Waals surface area contributed by atoms with Crippen LogP contribution in [0.15, 0.2) is 0 Å². The molecule has 2 heteroatoms. The van der Waals surface area contributed by atoms with E-state index in [1.165, 1.54) is 57.8 Å². The van der Waals surface area contributed by atoms with Gasteiger partial charge >= 0.3 is 0 Å². The van der Waals surface area contributed by atoms with E-state index < -0.39 is 0 Å². The van der Waals surface area contributed by atoms with Gasteiger partial charge in [-0.25, -0.2) is 0 Å². The normalized spacial score (nSPS) is 39.9. The summed E-state index contributed by atoms with van der Waals surface area (Å²) in [6, 6.07) is 0.291. The Hall–Kier alpha value is -0.0800. The van der Waals surface area contributed by atoms with Crippen LogP contribution in [0.3, 0.4) is 0 Å². The van der Waals surface area contributed by atoms with Gasteiger partial charge in [-0.2, -0.15) is 0 Å². The first-order chi connectivity index (χ1) is 8.29. The zero-order valence-electron chi connectivity index (χ0n) is 11.4. The molecule has 0 aromatic rings. The molecule has 2 aliphatic rings. The van der Waals surface area contributed by atoms with Crippen molar-refractivity contribution in [2.75, 3.05) is 0 Å². The second-order valence-electron chi connectivity index (χ2n) is 6.04. The average molecular weight is 239 g/mol. The number of nitrogens with two attached hydrogens (primary N) is 1. The highest BCUT2D eigenvalue weighted by molar-refractivity contribution is 4.80. The highest BCUT2D eigenvalue weighted by Crippen LogP contribution is 2.31. The van der Waals surface area contributed by atoms with E-state index in [1.54, 1.807) is 0 Å². The highest BCUT2D eigenvalue weighted by atomic mass is 16.5. The minimum atomic E-state index is 0.291. The molecule has 0 bridgehead atoms. The van der Waals surface area contributed by atoms with E-state index >= 15 is 0 Å². The van der Waals surface area contributed by atoms with Crippen molar-refractivity contribution in [1.29, 1.82) is 0 Å². The first kappa shape index (κ1) is 13.4. The van der Waals surface area contributed by atoms with Gasteiger partial charge in [0.15, 0.2) is 0 Å². The first-order valence-electron chi connectivity index (χ1n) is 7.70. The molecule has 2 rings (SSSR count). The standard InChI is InChI=1S/C15H29NO/c1-2-12-7-6-8-13(11-12)17-15-10-5-3-4-9-14(15)16/h12-15H,2-11,16H2,1H3. The van der Waals surface area contributed by atoms with Gasteiger partial charge in [0.1, 0.15) is 0 Å². The van der Waals surface area contributed by atoms with Crippen molar-refractivity contribution in [3.05, 3.63) is 0 Å². The van der Waals surface area contributed by atoms with E-state index in [1.807, 2.05) is 0 Å². The molecule has 2 nitrogen and oxygen atoms in total. The summed E-state index contributed by atoms with van der Waals surface area (Å²) in [4.78, 5) is 0. The summed E-state index contributed by atoms with van der Waals surface area (Å²) in [7, 11) is 0. The Bertz CT molecular complexity index is 219. The minimum absolute atomic E-state index is 0.291. The van der Waals surface area contributed by atoms with Crippen LogP contribution in [0.2, 0.25) is 0 Å². The Balaban J connectivity index is 1.81. The maximum absolute atomic E-state index is 6.33. The molecule has 17 heavy (non-hydrogen) atoms. The van der Waals surface area contributed by atoms with Crippen molar-refractivity contribution < 1.29 is 4.74 Å². The summed E-state index contributed by atoms with van der Waals surface area (Å²) >= 11 is 0. The van der Waals surface area contributed by atoms with Crippen LogP contribution in [0.4, 0.5) is 0 Å². The maximum Gasteiger partial charge on any atom is 0.0729 e. The summed E-state index contributed by atoms with van der Waals surface area (Å²) in [5.74, 6) is 0.899. The SMILES string of the molecule is CCC1CCCC(OC2CCCCCC2N)C1. The Morgan fingerprint density at radius 1 is 1.00 bits per heavy atom. The Kier molecular flexibility index (Phi) is 5.30. The molecule has 0 aromatic carbocycles. The molecule has 0 aromatic heterocycles. The Morgan fingerprint density at radius 2 is 1.82 bits per heavy atom. The molecule has 4 atom stereocenters. The van der Waals surface area contributed by atoms with E-state index in [0.29, 0.717) is 18.2 Å². The van der Waals surface area contributed by atoms with Gasteiger partial charge in [0.2, 0.25) is 0 Å². The van der Waals surface area contributed by atoms with Crippen LogP contribution < -0.4 is 5.73 Å². The summed E-state index contributed by atoms with van der Waals surface area (Å²) in [5.41, 5.74) is 6.24. The van der Waals surface area contributed by atoms with Crippen LogP contribution >= 0.6 is 0 Å². The van der Waals surface area contributed by atoms with Crippen LogP contribution in [-0.2, 0) is 4.74 Å². The molecular formula is C15H29NO. The fourth-order valence-electron chi connectivity index (χ4n) is 3.45. The van der Waals surface area contributed by atoms with Crippen LogP contribution in [0.5, 0.6) is 0 Å². The molecule has 0 saturated heterocycles. The summed E-state index contributed by atoms with van der Waals surface area (Å²) in [6.45, 7) is 2.31. The van der Waals surface area contributed by atoms with E-state index in [-0.39, 0.29) is 0 Å². The molecular weight excluding hydrogens is 210 g/mol. The number of hydrogen-bond acceptors (Lipinski definition) is 2. The third kappa shape index (κ3) is 3.96. The van der Waals surface area contributed by atoms with Gasteiger partial charge in [0.25, 0.3) is 0 Å². The van der Waals surface area contributed by atoms with Crippen molar-refractivity contribution in [2.45, 2.75) is 89.4 Å². The molecule has 2 saturated carbocycles. The topological polar surface area (TPSA) is 35.2 Å². The molecule has 0 aliphatic heterocycles. The molecule has 0 heterocycles. The molecule has 2 N–H and O–H groups in total. The van der Waals surface area contributed by atoms with Gasteiger partial charge in [-0.15, -0.1) is 0 Å². The van der Waals surface area contributed by atoms with E-state index in [2.05, 4.69) is 6.92 Å². The molecule has 2 aliphatic carbocycles. The maximum atomic E-state index is 6.33. The second kappa shape index (κ2) is 6.75. The first-order valence-corrected chi connectivity index (χ1v) is 7.70. The largest absolute Gasteiger partial charge is 0.373 e. The van der Waals surface area contributed by atoms with E-state index in [4.69, 9.17) is 10.5 Å². The average Bonchev–Trinajstić information content (AvgIpc) is 2.55. The third-order valence-corrected chi connectivity index (χ3v) is 4.68. The lowest BCUT2D eigenvalue weighted by atomic mass is 9.85. The molecule has 0 radical (unpaired) electrons. The zero-order chi connectivity index (χ0) is 12.1. The van der Waals surface area contributed by atoms with Crippen molar-refractivity contribution in [1.82, 2.24) is 0 Å². The molecule has 0 amide bonds. The van der Waals surface area contributed by atoms with Crippen LogP contribution in [0.1, 0.15) is 71.1 Å². The van der Waals surface area contributed by atoms with Crippen LogP contribution in [0, 0.1) is 5.92 Å². The lowest BCUT2D eigenvalue weighted by Gasteiger charge is -2.33.